The second-order valence-electron chi connectivity index (χ2n) is 6.22. The lowest BCUT2D eigenvalue weighted by Crippen LogP contribution is -2.47. The van der Waals surface area contributed by atoms with Gasteiger partial charge in [-0.3, -0.25) is 0 Å². The van der Waals surface area contributed by atoms with Crippen molar-refractivity contribution in [2.45, 2.75) is 44.2 Å². The molecule has 2 unspecified atom stereocenters. The molecule has 110 valence electrons. The normalized spacial score (nSPS) is 29.9. The highest BCUT2D eigenvalue weighted by atomic mass is 16.6. The van der Waals surface area contributed by atoms with Gasteiger partial charge in [-0.25, -0.2) is 0 Å². The van der Waals surface area contributed by atoms with Gasteiger partial charge in [-0.2, -0.15) is 0 Å². The summed E-state index contributed by atoms with van der Waals surface area (Å²) in [6.45, 7) is 5.70. The van der Waals surface area contributed by atoms with Crippen molar-refractivity contribution in [3.63, 3.8) is 0 Å². The van der Waals surface area contributed by atoms with Gasteiger partial charge in [0.15, 0.2) is 0 Å². The number of ether oxygens (including phenoxy) is 2. The number of hydrogen-bond acceptors (Lipinski definition) is 3. The first-order chi connectivity index (χ1) is 9.76. The van der Waals surface area contributed by atoms with Gasteiger partial charge in [0.05, 0.1) is 12.2 Å². The average molecular weight is 275 g/mol. The highest BCUT2D eigenvalue weighted by molar-refractivity contribution is 5.22. The first-order valence-corrected chi connectivity index (χ1v) is 7.76. The first kappa shape index (κ1) is 14.1. The van der Waals surface area contributed by atoms with E-state index in [1.54, 1.807) is 0 Å². The fourth-order valence-corrected chi connectivity index (χ4v) is 3.35. The van der Waals surface area contributed by atoms with Crippen molar-refractivity contribution < 1.29 is 9.47 Å². The third kappa shape index (κ3) is 3.40. The number of rotatable bonds is 4. The van der Waals surface area contributed by atoms with Crippen molar-refractivity contribution in [3.05, 3.63) is 35.4 Å². The number of hydrogen-bond donors (Lipinski definition) is 1. The molecule has 0 aromatic heterocycles. The van der Waals surface area contributed by atoms with Crippen molar-refractivity contribution >= 4 is 0 Å². The maximum absolute atomic E-state index is 5.97. The summed E-state index contributed by atoms with van der Waals surface area (Å²) in [6, 6.07) is 9.36. The molecule has 2 aliphatic rings. The summed E-state index contributed by atoms with van der Waals surface area (Å²) in [5.41, 5.74) is 2.78. The molecule has 3 heteroatoms. The quantitative estimate of drug-likeness (QED) is 0.915. The minimum Gasteiger partial charge on any atom is -0.378 e. The van der Waals surface area contributed by atoms with Gasteiger partial charge in [-0.15, -0.1) is 0 Å². The van der Waals surface area contributed by atoms with Gasteiger partial charge >= 0.3 is 0 Å². The number of benzene rings is 1. The molecule has 1 aromatic rings. The molecular formula is C17H25NO2. The molecule has 2 saturated heterocycles. The molecule has 0 saturated carbocycles. The Morgan fingerprint density at radius 3 is 3.10 bits per heavy atom. The van der Waals surface area contributed by atoms with Gasteiger partial charge in [0.1, 0.15) is 0 Å². The van der Waals surface area contributed by atoms with Crippen molar-refractivity contribution in [3.8, 4) is 0 Å². The molecule has 3 nitrogen and oxygen atoms in total. The van der Waals surface area contributed by atoms with E-state index in [0.717, 1.165) is 52.0 Å². The summed E-state index contributed by atoms with van der Waals surface area (Å²) >= 11 is 0. The Morgan fingerprint density at radius 1 is 1.35 bits per heavy atom. The third-order valence-corrected chi connectivity index (χ3v) is 4.49. The molecule has 0 amide bonds. The summed E-state index contributed by atoms with van der Waals surface area (Å²) in [5.74, 6) is 0. The number of aryl methyl sites for hydroxylation is 1. The van der Waals surface area contributed by atoms with Crippen molar-refractivity contribution in [1.82, 2.24) is 5.32 Å². The molecule has 0 radical (unpaired) electrons. The summed E-state index contributed by atoms with van der Waals surface area (Å²) in [6.07, 6.45) is 4.38. The molecule has 0 bridgehead atoms. The van der Waals surface area contributed by atoms with E-state index >= 15 is 0 Å². The Labute approximate surface area is 121 Å². The van der Waals surface area contributed by atoms with E-state index in [-0.39, 0.29) is 5.60 Å². The van der Waals surface area contributed by atoms with Crippen LogP contribution in [-0.4, -0.2) is 38.0 Å². The van der Waals surface area contributed by atoms with E-state index < -0.39 is 0 Å². The topological polar surface area (TPSA) is 30.5 Å². The molecule has 2 fully saturated rings. The zero-order chi connectivity index (χ0) is 13.8. The molecule has 2 aliphatic heterocycles. The van der Waals surface area contributed by atoms with Crippen LogP contribution in [0.1, 0.15) is 30.4 Å². The van der Waals surface area contributed by atoms with Crippen LogP contribution in [0.3, 0.4) is 0 Å². The van der Waals surface area contributed by atoms with Crippen LogP contribution in [0.25, 0.3) is 0 Å². The Kier molecular flexibility index (Phi) is 4.39. The maximum atomic E-state index is 5.97. The predicted molar refractivity (Wildman–Crippen MR) is 80.0 cm³/mol. The lowest BCUT2D eigenvalue weighted by molar-refractivity contribution is -0.0891. The zero-order valence-electron chi connectivity index (χ0n) is 12.4. The maximum Gasteiger partial charge on any atom is 0.0951 e. The van der Waals surface area contributed by atoms with Crippen molar-refractivity contribution in [1.29, 1.82) is 0 Å². The monoisotopic (exact) mass is 275 g/mol. The minimum atomic E-state index is 0.0131. The molecule has 20 heavy (non-hydrogen) atoms. The van der Waals surface area contributed by atoms with Crippen molar-refractivity contribution in [2.75, 3.05) is 26.4 Å². The second kappa shape index (κ2) is 6.25. The number of nitrogens with one attached hydrogen (secondary N) is 1. The van der Waals surface area contributed by atoms with E-state index in [1.165, 1.54) is 11.1 Å². The van der Waals surface area contributed by atoms with Crippen LogP contribution in [0, 0.1) is 6.92 Å². The Bertz CT molecular complexity index is 440. The average Bonchev–Trinajstić information content (AvgIpc) is 2.87. The third-order valence-electron chi connectivity index (χ3n) is 4.49. The van der Waals surface area contributed by atoms with Gasteiger partial charge in [0, 0.05) is 25.7 Å². The van der Waals surface area contributed by atoms with E-state index in [9.17, 15) is 0 Å². The molecular weight excluding hydrogens is 250 g/mol. The minimum absolute atomic E-state index is 0.0131. The summed E-state index contributed by atoms with van der Waals surface area (Å²) in [5, 5.41) is 3.71. The molecule has 1 N–H and O–H groups in total. The van der Waals surface area contributed by atoms with Crippen LogP contribution in [-0.2, 0) is 15.9 Å². The highest BCUT2D eigenvalue weighted by Crippen LogP contribution is 2.32. The van der Waals surface area contributed by atoms with Gasteiger partial charge < -0.3 is 14.8 Å². The van der Waals surface area contributed by atoms with Gasteiger partial charge in [-0.05, 0) is 38.3 Å². The van der Waals surface area contributed by atoms with E-state index in [1.807, 2.05) is 0 Å². The summed E-state index contributed by atoms with van der Waals surface area (Å²) in [7, 11) is 0. The highest BCUT2D eigenvalue weighted by Gasteiger charge is 2.40. The van der Waals surface area contributed by atoms with Crippen LogP contribution < -0.4 is 5.32 Å². The Morgan fingerprint density at radius 2 is 2.30 bits per heavy atom. The van der Waals surface area contributed by atoms with E-state index in [4.69, 9.17) is 9.47 Å². The lowest BCUT2D eigenvalue weighted by Gasteiger charge is -2.37. The summed E-state index contributed by atoms with van der Waals surface area (Å²) in [4.78, 5) is 0. The van der Waals surface area contributed by atoms with Gasteiger partial charge in [0.25, 0.3) is 0 Å². The largest absolute Gasteiger partial charge is 0.378 e. The van der Waals surface area contributed by atoms with Crippen LogP contribution in [0.2, 0.25) is 0 Å². The molecule has 2 heterocycles. The van der Waals surface area contributed by atoms with Crippen LogP contribution in [0.5, 0.6) is 0 Å². The van der Waals surface area contributed by atoms with Crippen molar-refractivity contribution in [2.24, 2.45) is 0 Å². The van der Waals surface area contributed by atoms with Crippen LogP contribution >= 0.6 is 0 Å². The van der Waals surface area contributed by atoms with Crippen LogP contribution in [0.4, 0.5) is 0 Å². The Hall–Kier alpha value is -0.900. The fourth-order valence-electron chi connectivity index (χ4n) is 3.35. The smallest absolute Gasteiger partial charge is 0.0951 e. The predicted octanol–water partition coefficient (Wildman–Crippen LogP) is 2.47. The second-order valence-corrected chi connectivity index (χ2v) is 6.22. The Balaban J connectivity index is 1.46. The first-order valence-electron chi connectivity index (χ1n) is 7.76. The molecule has 0 aliphatic carbocycles. The van der Waals surface area contributed by atoms with Crippen LogP contribution in [0.15, 0.2) is 24.3 Å². The molecule has 3 rings (SSSR count). The lowest BCUT2D eigenvalue weighted by atomic mass is 9.89. The SMILES string of the molecule is Cc1cccc(CCNC2CCOC3(CCOC3)C2)c1. The molecule has 2 atom stereocenters. The summed E-state index contributed by atoms with van der Waals surface area (Å²) < 4.78 is 11.5. The fraction of sp³-hybridized carbons (Fsp3) is 0.647. The van der Waals surface area contributed by atoms with E-state index in [0.29, 0.717) is 6.04 Å². The van der Waals surface area contributed by atoms with E-state index in [2.05, 4.69) is 36.5 Å². The van der Waals surface area contributed by atoms with Gasteiger partial charge in [-0.1, -0.05) is 29.8 Å². The van der Waals surface area contributed by atoms with Gasteiger partial charge in [0.2, 0.25) is 0 Å². The molecule has 1 spiro atoms. The zero-order valence-corrected chi connectivity index (χ0v) is 12.4. The molecule has 1 aromatic carbocycles. The standard InChI is InChI=1S/C17H25NO2/c1-14-3-2-4-15(11-14)5-8-18-16-6-9-20-17(12-16)7-10-19-13-17/h2-4,11,16,18H,5-10,12-13H2,1H3.